The Kier molecular flexibility index (Phi) is 4.41. The van der Waals surface area contributed by atoms with Gasteiger partial charge in [0.2, 0.25) is 0 Å². The molecule has 8 heteroatoms. The van der Waals surface area contributed by atoms with Gasteiger partial charge in [0.05, 0.1) is 17.5 Å². The van der Waals surface area contributed by atoms with Crippen LogP contribution < -0.4 is 4.90 Å². The molecular weight excluding hydrogens is 377 g/mol. The van der Waals surface area contributed by atoms with E-state index in [4.69, 9.17) is 4.42 Å². The van der Waals surface area contributed by atoms with Gasteiger partial charge in [0, 0.05) is 11.6 Å². The maximum absolute atomic E-state index is 14.0. The Balaban J connectivity index is 1.79. The van der Waals surface area contributed by atoms with Crippen LogP contribution in [0.3, 0.4) is 0 Å². The summed E-state index contributed by atoms with van der Waals surface area (Å²) in [6.45, 7) is 0.0349. The van der Waals surface area contributed by atoms with E-state index in [1.165, 1.54) is 35.4 Å². The fourth-order valence-electron chi connectivity index (χ4n) is 2.59. The first-order valence-corrected chi connectivity index (χ1v) is 8.68. The number of amides is 1. The number of hydrogen-bond donors (Lipinski definition) is 0. The lowest BCUT2D eigenvalue weighted by Gasteiger charge is -2.18. The van der Waals surface area contributed by atoms with Crippen molar-refractivity contribution in [2.24, 2.45) is 0 Å². The van der Waals surface area contributed by atoms with E-state index in [0.29, 0.717) is 5.76 Å². The molecule has 0 saturated heterocycles. The van der Waals surface area contributed by atoms with Gasteiger partial charge in [-0.15, -0.1) is 0 Å². The van der Waals surface area contributed by atoms with E-state index in [1.807, 2.05) is 0 Å². The molecule has 4 rings (SSSR count). The normalized spacial score (nSPS) is 11.1. The van der Waals surface area contributed by atoms with E-state index < -0.39 is 23.4 Å². The summed E-state index contributed by atoms with van der Waals surface area (Å²) in [6, 6.07) is 10.3. The first-order chi connectivity index (χ1) is 13.0. The largest absolute Gasteiger partial charge is 0.467 e. The standard InChI is InChI=1S/C19H11F3N2O2S/c20-12-5-3-11(4-6-12)18(25)24(10-14-2-1-7-26-14)19-23-17-15(22)8-13(21)9-16(17)27-19/h1-9H,10H2. The number of aromatic nitrogens is 1. The molecule has 0 bridgehead atoms. The summed E-state index contributed by atoms with van der Waals surface area (Å²) < 4.78 is 46.2. The second-order valence-corrected chi connectivity index (χ2v) is 6.72. The number of nitrogens with zero attached hydrogens (tertiary/aromatic N) is 2. The zero-order valence-corrected chi connectivity index (χ0v) is 14.5. The van der Waals surface area contributed by atoms with Crippen molar-refractivity contribution in [2.75, 3.05) is 4.90 Å². The molecular formula is C19H11F3N2O2S. The Bertz CT molecular complexity index is 1110. The summed E-state index contributed by atoms with van der Waals surface area (Å²) in [4.78, 5) is 18.4. The minimum Gasteiger partial charge on any atom is -0.467 e. The predicted molar refractivity (Wildman–Crippen MR) is 95.2 cm³/mol. The lowest BCUT2D eigenvalue weighted by atomic mass is 10.2. The minimum atomic E-state index is -0.806. The van der Waals surface area contributed by atoms with Gasteiger partial charge in [-0.05, 0) is 42.5 Å². The molecule has 136 valence electrons. The average Bonchev–Trinajstić information content (AvgIpc) is 3.29. The number of fused-ring (bicyclic) bond motifs is 1. The number of benzene rings is 2. The average molecular weight is 388 g/mol. The van der Waals surface area contributed by atoms with Gasteiger partial charge in [-0.2, -0.15) is 0 Å². The quantitative estimate of drug-likeness (QED) is 0.486. The van der Waals surface area contributed by atoms with Gasteiger partial charge in [0.1, 0.15) is 22.9 Å². The van der Waals surface area contributed by atoms with Crippen LogP contribution in [0.5, 0.6) is 0 Å². The molecule has 0 aliphatic carbocycles. The molecule has 0 spiro atoms. The van der Waals surface area contributed by atoms with Gasteiger partial charge >= 0.3 is 0 Å². The summed E-state index contributed by atoms with van der Waals surface area (Å²) in [7, 11) is 0. The van der Waals surface area contributed by atoms with Crippen molar-refractivity contribution in [3.63, 3.8) is 0 Å². The molecule has 0 aliphatic rings. The van der Waals surface area contributed by atoms with Crippen molar-refractivity contribution in [2.45, 2.75) is 6.54 Å². The Hall–Kier alpha value is -3.13. The lowest BCUT2D eigenvalue weighted by molar-refractivity contribution is 0.0983. The van der Waals surface area contributed by atoms with Crippen molar-refractivity contribution < 1.29 is 22.4 Å². The van der Waals surface area contributed by atoms with Crippen LogP contribution in [-0.2, 0) is 6.54 Å². The molecule has 0 N–H and O–H groups in total. The van der Waals surface area contributed by atoms with Crippen molar-refractivity contribution in [1.29, 1.82) is 0 Å². The van der Waals surface area contributed by atoms with Crippen LogP contribution in [0.2, 0.25) is 0 Å². The molecule has 4 aromatic rings. The first-order valence-electron chi connectivity index (χ1n) is 7.86. The van der Waals surface area contributed by atoms with E-state index in [1.54, 1.807) is 12.1 Å². The topological polar surface area (TPSA) is 46.3 Å². The van der Waals surface area contributed by atoms with Crippen molar-refractivity contribution in [1.82, 2.24) is 4.98 Å². The Morgan fingerprint density at radius 2 is 1.85 bits per heavy atom. The number of furan rings is 1. The van der Waals surface area contributed by atoms with Crippen LogP contribution in [0.25, 0.3) is 10.2 Å². The highest BCUT2D eigenvalue weighted by Crippen LogP contribution is 2.32. The summed E-state index contributed by atoms with van der Waals surface area (Å²) in [5.74, 6) is -1.98. The van der Waals surface area contributed by atoms with E-state index in [-0.39, 0.29) is 27.5 Å². The van der Waals surface area contributed by atoms with Crippen molar-refractivity contribution in [3.8, 4) is 0 Å². The number of carbonyl (C=O) groups excluding carboxylic acids is 1. The third-order valence-electron chi connectivity index (χ3n) is 3.86. The van der Waals surface area contributed by atoms with Crippen LogP contribution in [0, 0.1) is 17.5 Å². The van der Waals surface area contributed by atoms with E-state index in [2.05, 4.69) is 4.98 Å². The highest BCUT2D eigenvalue weighted by atomic mass is 32.1. The third-order valence-corrected chi connectivity index (χ3v) is 4.89. The molecule has 2 aromatic heterocycles. The molecule has 1 amide bonds. The second-order valence-electron chi connectivity index (χ2n) is 5.71. The highest BCUT2D eigenvalue weighted by molar-refractivity contribution is 7.22. The molecule has 2 heterocycles. The Morgan fingerprint density at radius 3 is 2.56 bits per heavy atom. The zero-order chi connectivity index (χ0) is 19.0. The van der Waals surface area contributed by atoms with Crippen molar-refractivity contribution >= 4 is 32.6 Å². The smallest absolute Gasteiger partial charge is 0.260 e. The molecule has 0 radical (unpaired) electrons. The van der Waals surface area contributed by atoms with Gasteiger partial charge in [-0.25, -0.2) is 18.2 Å². The van der Waals surface area contributed by atoms with Gasteiger partial charge in [-0.1, -0.05) is 11.3 Å². The van der Waals surface area contributed by atoms with Crippen molar-refractivity contribution in [3.05, 3.63) is 83.6 Å². The van der Waals surface area contributed by atoms with Crippen LogP contribution in [-0.4, -0.2) is 10.9 Å². The second kappa shape index (κ2) is 6.88. The van der Waals surface area contributed by atoms with Crippen LogP contribution in [0.15, 0.2) is 59.2 Å². The molecule has 27 heavy (non-hydrogen) atoms. The number of rotatable bonds is 4. The number of carbonyl (C=O) groups is 1. The third kappa shape index (κ3) is 3.43. The van der Waals surface area contributed by atoms with E-state index in [9.17, 15) is 18.0 Å². The van der Waals surface area contributed by atoms with Gasteiger partial charge in [0.15, 0.2) is 10.9 Å². The SMILES string of the molecule is O=C(c1ccc(F)cc1)N(Cc1ccco1)c1nc2c(F)cc(F)cc2s1. The van der Waals surface area contributed by atoms with Crippen LogP contribution in [0.4, 0.5) is 18.3 Å². The molecule has 2 aromatic carbocycles. The predicted octanol–water partition coefficient (Wildman–Crippen LogP) is 5.15. The summed E-state index contributed by atoms with van der Waals surface area (Å²) >= 11 is 0.980. The maximum Gasteiger partial charge on any atom is 0.260 e. The summed E-state index contributed by atoms with van der Waals surface area (Å²) in [5.41, 5.74) is 0.210. The number of anilines is 1. The fourth-order valence-corrected chi connectivity index (χ4v) is 3.60. The maximum atomic E-state index is 14.0. The van der Waals surface area contributed by atoms with E-state index >= 15 is 0 Å². The monoisotopic (exact) mass is 388 g/mol. The van der Waals surface area contributed by atoms with Crippen LogP contribution in [0.1, 0.15) is 16.1 Å². The molecule has 0 fully saturated rings. The fraction of sp³-hybridized carbons (Fsp3) is 0.0526. The summed E-state index contributed by atoms with van der Waals surface area (Å²) in [5, 5.41) is 0.181. The first kappa shape index (κ1) is 17.3. The van der Waals surface area contributed by atoms with Gasteiger partial charge in [0.25, 0.3) is 5.91 Å². The van der Waals surface area contributed by atoms with Gasteiger partial charge < -0.3 is 4.42 Å². The molecule has 0 unspecified atom stereocenters. The van der Waals surface area contributed by atoms with E-state index in [0.717, 1.165) is 23.5 Å². The number of halogens is 3. The minimum absolute atomic E-state index is 0.0206. The highest BCUT2D eigenvalue weighted by Gasteiger charge is 2.24. The zero-order valence-electron chi connectivity index (χ0n) is 13.7. The summed E-state index contributed by atoms with van der Waals surface area (Å²) in [6.07, 6.45) is 1.46. The molecule has 0 saturated carbocycles. The van der Waals surface area contributed by atoms with Gasteiger partial charge in [-0.3, -0.25) is 9.69 Å². The number of hydrogen-bond acceptors (Lipinski definition) is 4. The lowest BCUT2D eigenvalue weighted by Crippen LogP contribution is -2.30. The Morgan fingerprint density at radius 1 is 1.07 bits per heavy atom. The molecule has 4 nitrogen and oxygen atoms in total. The Labute approximate surface area is 155 Å². The van der Waals surface area contributed by atoms with Crippen LogP contribution >= 0.6 is 11.3 Å². The molecule has 0 atom stereocenters. The molecule has 0 aliphatic heterocycles. The number of thiazole rings is 1.